The molecule has 0 radical (unpaired) electrons. The topological polar surface area (TPSA) is 59.1 Å². The van der Waals surface area contributed by atoms with E-state index in [0.717, 1.165) is 20.9 Å². The average Bonchev–Trinajstić information content (AvgIpc) is 2.38. The van der Waals surface area contributed by atoms with Crippen molar-refractivity contribution in [2.24, 2.45) is 0 Å². The van der Waals surface area contributed by atoms with Crippen molar-refractivity contribution in [3.63, 3.8) is 0 Å². The summed E-state index contributed by atoms with van der Waals surface area (Å²) < 4.78 is 0.973. The second-order valence-corrected chi connectivity index (χ2v) is 5.53. The van der Waals surface area contributed by atoms with Crippen molar-refractivity contribution in [1.82, 2.24) is 10.3 Å². The number of amides is 2. The van der Waals surface area contributed by atoms with Crippen LogP contribution in [0.25, 0.3) is 10.9 Å². The summed E-state index contributed by atoms with van der Waals surface area (Å²) in [5.41, 5.74) is 1.74. The Balaban J connectivity index is 1.99. The van der Waals surface area contributed by atoms with E-state index in [1.165, 1.54) is 0 Å². The van der Waals surface area contributed by atoms with Crippen LogP contribution in [-0.4, -0.2) is 16.8 Å². The number of carbonyl (C=O) groups is 2. The zero-order valence-electron chi connectivity index (χ0n) is 10.0. The van der Waals surface area contributed by atoms with Crippen molar-refractivity contribution >= 4 is 38.6 Å². The Kier molecular flexibility index (Phi) is 3.06. The van der Waals surface area contributed by atoms with E-state index in [4.69, 9.17) is 0 Å². The van der Waals surface area contributed by atoms with Crippen LogP contribution in [0.3, 0.4) is 0 Å². The highest BCUT2D eigenvalue weighted by atomic mass is 79.9. The minimum absolute atomic E-state index is 0.195. The molecule has 0 saturated carbocycles. The first-order valence-corrected chi connectivity index (χ1v) is 6.82. The van der Waals surface area contributed by atoms with Gasteiger partial charge in [0.05, 0.1) is 11.4 Å². The lowest BCUT2D eigenvalue weighted by molar-refractivity contribution is -0.134. The molecular weight excluding hydrogens is 308 g/mol. The van der Waals surface area contributed by atoms with Gasteiger partial charge in [-0.1, -0.05) is 22.0 Å². The fourth-order valence-electron chi connectivity index (χ4n) is 2.31. The predicted molar refractivity (Wildman–Crippen MR) is 74.6 cm³/mol. The van der Waals surface area contributed by atoms with E-state index >= 15 is 0 Å². The molecule has 1 N–H and O–H groups in total. The normalized spacial score (nSPS) is 19.5. The van der Waals surface area contributed by atoms with Crippen LogP contribution in [0, 0.1) is 0 Å². The minimum atomic E-state index is -0.279. The number of piperidine rings is 1. The molecule has 1 aromatic heterocycles. The van der Waals surface area contributed by atoms with Crippen molar-refractivity contribution in [2.75, 3.05) is 0 Å². The second-order valence-electron chi connectivity index (χ2n) is 4.61. The summed E-state index contributed by atoms with van der Waals surface area (Å²) >= 11 is 3.40. The van der Waals surface area contributed by atoms with Gasteiger partial charge in [0.15, 0.2) is 0 Å². The van der Waals surface area contributed by atoms with Crippen molar-refractivity contribution < 1.29 is 9.59 Å². The van der Waals surface area contributed by atoms with Gasteiger partial charge in [0.2, 0.25) is 11.8 Å². The molecule has 0 aliphatic carbocycles. The van der Waals surface area contributed by atoms with E-state index < -0.39 is 0 Å². The van der Waals surface area contributed by atoms with E-state index in [0.29, 0.717) is 12.8 Å². The number of carbonyl (C=O) groups excluding carboxylic acids is 2. The second kappa shape index (κ2) is 4.74. The minimum Gasteiger partial charge on any atom is -0.296 e. The average molecular weight is 319 g/mol. The van der Waals surface area contributed by atoms with Crippen LogP contribution in [0.1, 0.15) is 24.3 Å². The fourth-order valence-corrected chi connectivity index (χ4v) is 2.66. The van der Waals surface area contributed by atoms with Crippen molar-refractivity contribution in [2.45, 2.75) is 18.8 Å². The Morgan fingerprint density at radius 1 is 1.26 bits per heavy atom. The number of pyridine rings is 1. The Morgan fingerprint density at radius 2 is 2.11 bits per heavy atom. The zero-order valence-corrected chi connectivity index (χ0v) is 11.6. The van der Waals surface area contributed by atoms with Crippen molar-refractivity contribution in [3.05, 3.63) is 40.5 Å². The van der Waals surface area contributed by atoms with Crippen LogP contribution in [0.4, 0.5) is 0 Å². The van der Waals surface area contributed by atoms with Gasteiger partial charge in [0.1, 0.15) is 0 Å². The third-order valence-electron chi connectivity index (χ3n) is 3.31. The van der Waals surface area contributed by atoms with Gasteiger partial charge in [-0.2, -0.15) is 0 Å². The molecule has 1 aromatic carbocycles. The highest BCUT2D eigenvalue weighted by Gasteiger charge is 2.28. The summed E-state index contributed by atoms with van der Waals surface area (Å²) in [6.45, 7) is 0. The third kappa shape index (κ3) is 2.38. The summed E-state index contributed by atoms with van der Waals surface area (Å²) in [6.07, 6.45) is 2.65. The quantitative estimate of drug-likeness (QED) is 0.822. The maximum absolute atomic E-state index is 11.8. The molecule has 1 fully saturated rings. The van der Waals surface area contributed by atoms with Crippen LogP contribution in [0.5, 0.6) is 0 Å². The molecule has 1 unspecified atom stereocenters. The molecule has 2 heterocycles. The number of aromatic nitrogens is 1. The molecule has 1 aliphatic heterocycles. The smallest absolute Gasteiger partial charge is 0.234 e. The largest absolute Gasteiger partial charge is 0.296 e. The lowest BCUT2D eigenvalue weighted by Gasteiger charge is -2.21. The number of benzene rings is 1. The number of nitrogens with zero attached hydrogens (tertiary/aromatic N) is 1. The molecule has 0 bridgehead atoms. The number of rotatable bonds is 1. The molecule has 5 heteroatoms. The van der Waals surface area contributed by atoms with Gasteiger partial charge in [-0.15, -0.1) is 0 Å². The van der Waals surface area contributed by atoms with Crippen LogP contribution in [0.15, 0.2) is 34.9 Å². The standard InChI is InChI=1S/C14H11BrN2O2/c15-10-2-1-8-5-9(7-16-12(8)6-10)11-3-4-13(18)17-14(11)19/h1-2,5-7,11H,3-4H2,(H,17,18,19). The zero-order chi connectivity index (χ0) is 13.4. The maximum atomic E-state index is 11.8. The highest BCUT2D eigenvalue weighted by molar-refractivity contribution is 9.10. The lowest BCUT2D eigenvalue weighted by atomic mass is 9.91. The van der Waals surface area contributed by atoms with Gasteiger partial charge in [-0.05, 0) is 30.2 Å². The van der Waals surface area contributed by atoms with E-state index in [-0.39, 0.29) is 17.7 Å². The van der Waals surface area contributed by atoms with Gasteiger partial charge in [0.25, 0.3) is 0 Å². The first-order valence-electron chi connectivity index (χ1n) is 6.02. The van der Waals surface area contributed by atoms with Crippen LogP contribution < -0.4 is 5.32 Å². The van der Waals surface area contributed by atoms with Crippen molar-refractivity contribution in [3.8, 4) is 0 Å². The Labute approximate surface area is 118 Å². The number of fused-ring (bicyclic) bond motifs is 1. The van der Waals surface area contributed by atoms with Gasteiger partial charge >= 0.3 is 0 Å². The molecule has 4 nitrogen and oxygen atoms in total. The molecule has 1 aliphatic rings. The van der Waals surface area contributed by atoms with E-state index in [1.54, 1.807) is 6.20 Å². The summed E-state index contributed by atoms with van der Waals surface area (Å²) in [4.78, 5) is 27.4. The SMILES string of the molecule is O=C1CCC(c2cnc3cc(Br)ccc3c2)C(=O)N1. The van der Waals surface area contributed by atoms with Crippen LogP contribution >= 0.6 is 15.9 Å². The summed E-state index contributed by atoms with van der Waals surface area (Å²) in [5, 5.41) is 3.36. The third-order valence-corrected chi connectivity index (χ3v) is 3.80. The van der Waals surface area contributed by atoms with E-state index in [2.05, 4.69) is 26.2 Å². The Bertz CT molecular complexity index is 684. The fraction of sp³-hybridized carbons (Fsp3) is 0.214. The molecule has 0 spiro atoms. The van der Waals surface area contributed by atoms with Crippen LogP contribution in [-0.2, 0) is 9.59 Å². The van der Waals surface area contributed by atoms with E-state index in [9.17, 15) is 9.59 Å². The summed E-state index contributed by atoms with van der Waals surface area (Å²) in [6, 6.07) is 7.80. The Morgan fingerprint density at radius 3 is 2.89 bits per heavy atom. The van der Waals surface area contributed by atoms with E-state index in [1.807, 2.05) is 24.3 Å². The number of halogens is 1. The summed E-state index contributed by atoms with van der Waals surface area (Å²) in [5.74, 6) is -0.702. The maximum Gasteiger partial charge on any atom is 0.234 e. The molecule has 1 atom stereocenters. The Hall–Kier alpha value is -1.75. The van der Waals surface area contributed by atoms with Crippen molar-refractivity contribution in [1.29, 1.82) is 0 Å². The molecule has 96 valence electrons. The number of nitrogens with one attached hydrogen (secondary N) is 1. The summed E-state index contributed by atoms with van der Waals surface area (Å²) in [7, 11) is 0. The molecule has 1 saturated heterocycles. The highest BCUT2D eigenvalue weighted by Crippen LogP contribution is 2.27. The van der Waals surface area contributed by atoms with Gasteiger partial charge in [-0.25, -0.2) is 0 Å². The first-order chi connectivity index (χ1) is 9.13. The van der Waals surface area contributed by atoms with Gasteiger partial charge in [0, 0.05) is 22.5 Å². The molecule has 19 heavy (non-hydrogen) atoms. The molecule has 2 aromatic rings. The first kappa shape index (κ1) is 12.3. The number of hydrogen-bond acceptors (Lipinski definition) is 3. The molecule has 3 rings (SSSR count). The van der Waals surface area contributed by atoms with Gasteiger partial charge in [-0.3, -0.25) is 19.9 Å². The number of hydrogen-bond donors (Lipinski definition) is 1. The molecule has 2 amide bonds. The number of imide groups is 1. The monoisotopic (exact) mass is 318 g/mol. The van der Waals surface area contributed by atoms with Crippen LogP contribution in [0.2, 0.25) is 0 Å². The lowest BCUT2D eigenvalue weighted by Crippen LogP contribution is -2.39. The predicted octanol–water partition coefficient (Wildman–Crippen LogP) is 2.52. The van der Waals surface area contributed by atoms with Gasteiger partial charge < -0.3 is 0 Å². The molecular formula is C14H11BrN2O2.